The van der Waals surface area contributed by atoms with Crippen LogP contribution in [0.2, 0.25) is 0 Å². The number of hydrogen-bond donors (Lipinski definition) is 2. The normalized spacial score (nSPS) is 9.56. The molecule has 0 aliphatic heterocycles. The van der Waals surface area contributed by atoms with Crippen molar-refractivity contribution >= 4 is 29.0 Å². The Kier molecular flexibility index (Phi) is 3.74. The second kappa shape index (κ2) is 4.86. The van der Waals surface area contributed by atoms with Crippen molar-refractivity contribution in [2.75, 3.05) is 7.11 Å². The minimum atomic E-state index is 0. The van der Waals surface area contributed by atoms with Crippen molar-refractivity contribution in [3.05, 3.63) is 42.0 Å². The molecule has 4 heteroatoms. The van der Waals surface area contributed by atoms with Gasteiger partial charge in [0, 0.05) is 5.56 Å². The van der Waals surface area contributed by atoms with E-state index < -0.39 is 0 Å². The SMILES string of the molecule is COc1ccc2cc(C(=N)N)ccc2c1.Cl. The van der Waals surface area contributed by atoms with Crippen LogP contribution in [0, 0.1) is 5.41 Å². The second-order valence-corrected chi connectivity index (χ2v) is 3.34. The van der Waals surface area contributed by atoms with Gasteiger partial charge in [-0.2, -0.15) is 0 Å². The molecule has 0 amide bonds. The van der Waals surface area contributed by atoms with E-state index in [9.17, 15) is 0 Å². The van der Waals surface area contributed by atoms with Gasteiger partial charge in [0.1, 0.15) is 11.6 Å². The Hall–Kier alpha value is -1.74. The molecule has 0 radical (unpaired) electrons. The van der Waals surface area contributed by atoms with Crippen LogP contribution in [0.25, 0.3) is 10.8 Å². The molecule has 2 aromatic rings. The molecular weight excluding hydrogens is 224 g/mol. The third kappa shape index (κ3) is 2.25. The van der Waals surface area contributed by atoms with E-state index in [2.05, 4.69) is 0 Å². The summed E-state index contributed by atoms with van der Waals surface area (Å²) >= 11 is 0. The van der Waals surface area contributed by atoms with Gasteiger partial charge in [-0.05, 0) is 29.0 Å². The second-order valence-electron chi connectivity index (χ2n) is 3.34. The number of methoxy groups -OCH3 is 1. The van der Waals surface area contributed by atoms with Crippen LogP contribution >= 0.6 is 12.4 Å². The molecule has 0 aromatic heterocycles. The highest BCUT2D eigenvalue weighted by Gasteiger charge is 2.00. The predicted octanol–water partition coefficient (Wildman–Crippen LogP) is 2.55. The number of nitrogens with one attached hydrogen (secondary N) is 1. The summed E-state index contributed by atoms with van der Waals surface area (Å²) in [6.07, 6.45) is 0. The molecule has 0 spiro atoms. The van der Waals surface area contributed by atoms with E-state index in [1.54, 1.807) is 7.11 Å². The summed E-state index contributed by atoms with van der Waals surface area (Å²) < 4.78 is 5.13. The smallest absolute Gasteiger partial charge is 0.122 e. The Morgan fingerprint density at radius 1 is 1.12 bits per heavy atom. The van der Waals surface area contributed by atoms with E-state index in [1.165, 1.54) is 0 Å². The van der Waals surface area contributed by atoms with Crippen LogP contribution in [0.15, 0.2) is 36.4 Å². The van der Waals surface area contributed by atoms with Gasteiger partial charge in [-0.25, -0.2) is 0 Å². The van der Waals surface area contributed by atoms with Gasteiger partial charge in [-0.1, -0.05) is 18.2 Å². The predicted molar refractivity (Wildman–Crippen MR) is 68.8 cm³/mol. The Morgan fingerprint density at radius 2 is 1.75 bits per heavy atom. The van der Waals surface area contributed by atoms with E-state index in [-0.39, 0.29) is 18.2 Å². The van der Waals surface area contributed by atoms with Crippen molar-refractivity contribution in [3.8, 4) is 5.75 Å². The highest BCUT2D eigenvalue weighted by Crippen LogP contribution is 2.21. The molecule has 0 aliphatic rings. The van der Waals surface area contributed by atoms with Crippen LogP contribution in [0.3, 0.4) is 0 Å². The van der Waals surface area contributed by atoms with Gasteiger partial charge < -0.3 is 10.5 Å². The first-order valence-electron chi connectivity index (χ1n) is 4.63. The summed E-state index contributed by atoms with van der Waals surface area (Å²) in [7, 11) is 1.64. The van der Waals surface area contributed by atoms with Crippen LogP contribution in [0.1, 0.15) is 5.56 Å². The first kappa shape index (κ1) is 12.3. The zero-order chi connectivity index (χ0) is 10.8. The number of nitrogens with two attached hydrogens (primary N) is 1. The number of halogens is 1. The molecular formula is C12H13ClN2O. The summed E-state index contributed by atoms with van der Waals surface area (Å²) in [4.78, 5) is 0. The lowest BCUT2D eigenvalue weighted by Crippen LogP contribution is -2.10. The molecule has 2 aromatic carbocycles. The fourth-order valence-corrected chi connectivity index (χ4v) is 1.52. The van der Waals surface area contributed by atoms with E-state index in [0.717, 1.165) is 22.1 Å². The van der Waals surface area contributed by atoms with Crippen molar-refractivity contribution in [1.82, 2.24) is 0 Å². The lowest BCUT2D eigenvalue weighted by molar-refractivity contribution is 0.415. The van der Waals surface area contributed by atoms with Crippen LogP contribution in [-0.2, 0) is 0 Å². The maximum atomic E-state index is 7.34. The zero-order valence-corrected chi connectivity index (χ0v) is 9.67. The number of ether oxygens (including phenoxy) is 1. The Morgan fingerprint density at radius 3 is 2.38 bits per heavy atom. The fraction of sp³-hybridized carbons (Fsp3) is 0.0833. The van der Waals surface area contributed by atoms with Gasteiger partial charge in [0.05, 0.1) is 7.11 Å². The molecule has 84 valence electrons. The fourth-order valence-electron chi connectivity index (χ4n) is 1.52. The van der Waals surface area contributed by atoms with Crippen molar-refractivity contribution < 1.29 is 4.74 Å². The van der Waals surface area contributed by atoms with Gasteiger partial charge in [0.25, 0.3) is 0 Å². The molecule has 3 N–H and O–H groups in total. The number of nitrogen functional groups attached to an aromatic ring is 1. The van der Waals surface area contributed by atoms with Crippen LogP contribution < -0.4 is 10.5 Å². The molecule has 0 saturated heterocycles. The lowest BCUT2D eigenvalue weighted by atomic mass is 10.1. The van der Waals surface area contributed by atoms with Crippen molar-refractivity contribution in [2.45, 2.75) is 0 Å². The maximum Gasteiger partial charge on any atom is 0.122 e. The van der Waals surface area contributed by atoms with Gasteiger partial charge in [-0.3, -0.25) is 5.41 Å². The van der Waals surface area contributed by atoms with E-state index in [4.69, 9.17) is 15.9 Å². The maximum absolute atomic E-state index is 7.34. The largest absolute Gasteiger partial charge is 0.497 e. The molecule has 0 unspecified atom stereocenters. The standard InChI is InChI=1S/C12H12N2O.ClH/c1-15-11-5-4-8-6-10(12(13)14)3-2-9(8)7-11;/h2-7H,1H3,(H3,13,14);1H. The van der Waals surface area contributed by atoms with Crippen molar-refractivity contribution in [3.63, 3.8) is 0 Å². The van der Waals surface area contributed by atoms with E-state index in [0.29, 0.717) is 0 Å². The van der Waals surface area contributed by atoms with Gasteiger partial charge in [0.2, 0.25) is 0 Å². The molecule has 0 aliphatic carbocycles. The Balaban J connectivity index is 0.00000128. The Labute approximate surface area is 100 Å². The minimum absolute atomic E-state index is 0. The topological polar surface area (TPSA) is 59.1 Å². The average Bonchev–Trinajstić information content (AvgIpc) is 2.27. The third-order valence-corrected chi connectivity index (χ3v) is 2.36. The van der Waals surface area contributed by atoms with E-state index >= 15 is 0 Å². The quantitative estimate of drug-likeness (QED) is 0.622. The zero-order valence-electron chi connectivity index (χ0n) is 8.86. The molecule has 0 heterocycles. The molecule has 0 bridgehead atoms. The molecule has 0 saturated carbocycles. The molecule has 0 fully saturated rings. The average molecular weight is 237 g/mol. The monoisotopic (exact) mass is 236 g/mol. The number of benzene rings is 2. The summed E-state index contributed by atoms with van der Waals surface area (Å²) in [5.41, 5.74) is 6.16. The first-order chi connectivity index (χ1) is 7.20. The molecule has 3 nitrogen and oxygen atoms in total. The molecule has 0 atom stereocenters. The number of fused-ring (bicyclic) bond motifs is 1. The van der Waals surface area contributed by atoms with E-state index in [1.807, 2.05) is 36.4 Å². The summed E-state index contributed by atoms with van der Waals surface area (Å²) in [6, 6.07) is 11.5. The number of rotatable bonds is 2. The summed E-state index contributed by atoms with van der Waals surface area (Å²) in [6.45, 7) is 0. The molecule has 2 rings (SSSR count). The van der Waals surface area contributed by atoms with Crippen molar-refractivity contribution in [2.24, 2.45) is 5.73 Å². The third-order valence-electron chi connectivity index (χ3n) is 2.36. The number of hydrogen-bond acceptors (Lipinski definition) is 2. The number of amidine groups is 1. The summed E-state index contributed by atoms with van der Waals surface area (Å²) in [5, 5.41) is 9.48. The highest BCUT2D eigenvalue weighted by molar-refractivity contribution is 5.99. The van der Waals surface area contributed by atoms with Crippen molar-refractivity contribution in [1.29, 1.82) is 5.41 Å². The minimum Gasteiger partial charge on any atom is -0.497 e. The summed E-state index contributed by atoms with van der Waals surface area (Å²) in [5.74, 6) is 0.922. The first-order valence-corrected chi connectivity index (χ1v) is 4.63. The molecule has 16 heavy (non-hydrogen) atoms. The van der Waals surface area contributed by atoms with Crippen LogP contribution in [-0.4, -0.2) is 12.9 Å². The van der Waals surface area contributed by atoms with Gasteiger partial charge in [0.15, 0.2) is 0 Å². The highest BCUT2D eigenvalue weighted by atomic mass is 35.5. The Bertz CT molecular complexity index is 525. The van der Waals surface area contributed by atoms with Crippen LogP contribution in [0.4, 0.5) is 0 Å². The van der Waals surface area contributed by atoms with Gasteiger partial charge >= 0.3 is 0 Å². The van der Waals surface area contributed by atoms with Crippen LogP contribution in [0.5, 0.6) is 5.75 Å². The van der Waals surface area contributed by atoms with Gasteiger partial charge in [-0.15, -0.1) is 12.4 Å². The lowest BCUT2D eigenvalue weighted by Gasteiger charge is -2.04.